The van der Waals surface area contributed by atoms with Crippen LogP contribution in [0, 0.1) is 13.8 Å². The van der Waals surface area contributed by atoms with Crippen molar-refractivity contribution in [2.24, 2.45) is 0 Å². The van der Waals surface area contributed by atoms with Gasteiger partial charge in [-0.15, -0.1) is 0 Å². The molecule has 1 aliphatic rings. The van der Waals surface area contributed by atoms with Gasteiger partial charge in [0.1, 0.15) is 11.5 Å². The number of furan rings is 1. The van der Waals surface area contributed by atoms with Crippen molar-refractivity contribution in [2.45, 2.75) is 46.2 Å². The largest absolute Gasteiger partial charge is 0.466 e. The predicted molar refractivity (Wildman–Crippen MR) is 114 cm³/mol. The van der Waals surface area contributed by atoms with Crippen molar-refractivity contribution in [1.82, 2.24) is 19.7 Å². The van der Waals surface area contributed by atoms with Gasteiger partial charge in [-0.05, 0) is 46.2 Å². The lowest BCUT2D eigenvalue weighted by Gasteiger charge is -2.24. The Kier molecular flexibility index (Phi) is 4.96. The third-order valence-electron chi connectivity index (χ3n) is 5.68. The standard InChI is InChI=1S/C21H26N4O4S/c1-12(2)25-20-18(10-22-25)17(9-19(23-20)16-8-13(3)29-14(16)4)21(26)24(5)15-6-7-30(27,28)11-15/h8-10,12,15H,6-7,11H2,1-5H3/t15-/m1/s1. The summed E-state index contributed by atoms with van der Waals surface area (Å²) in [6, 6.07) is 3.40. The second kappa shape index (κ2) is 7.23. The molecule has 9 heteroatoms. The van der Waals surface area contributed by atoms with Crippen LogP contribution in [0.5, 0.6) is 0 Å². The SMILES string of the molecule is Cc1cc(-c2cc(C(=O)N(C)[C@@H]3CCS(=O)(=O)C3)c3cnn(C(C)C)c3n2)c(C)o1. The Labute approximate surface area is 175 Å². The van der Waals surface area contributed by atoms with Gasteiger partial charge in [0.25, 0.3) is 5.91 Å². The van der Waals surface area contributed by atoms with E-state index in [0.717, 1.165) is 17.1 Å². The number of aromatic nitrogens is 3. The maximum atomic E-state index is 13.5. The highest BCUT2D eigenvalue weighted by atomic mass is 32.2. The zero-order valence-corrected chi connectivity index (χ0v) is 18.7. The second-order valence-electron chi connectivity index (χ2n) is 8.28. The Hall–Kier alpha value is -2.68. The molecule has 0 N–H and O–H groups in total. The summed E-state index contributed by atoms with van der Waals surface area (Å²) in [7, 11) is -1.43. The molecule has 1 aliphatic heterocycles. The van der Waals surface area contributed by atoms with E-state index in [9.17, 15) is 13.2 Å². The van der Waals surface area contributed by atoms with Crippen molar-refractivity contribution in [3.63, 3.8) is 0 Å². The number of aryl methyl sites for hydroxylation is 2. The molecule has 1 amide bonds. The Balaban J connectivity index is 1.86. The number of carbonyl (C=O) groups excluding carboxylic acids is 1. The number of nitrogens with zero attached hydrogens (tertiary/aromatic N) is 4. The molecule has 4 heterocycles. The van der Waals surface area contributed by atoms with Gasteiger partial charge in [0.15, 0.2) is 15.5 Å². The van der Waals surface area contributed by atoms with Crippen LogP contribution in [0.1, 0.15) is 48.2 Å². The summed E-state index contributed by atoms with van der Waals surface area (Å²) in [4.78, 5) is 19.8. The van der Waals surface area contributed by atoms with Crippen molar-refractivity contribution >= 4 is 26.8 Å². The zero-order valence-electron chi connectivity index (χ0n) is 17.8. The summed E-state index contributed by atoms with van der Waals surface area (Å²) >= 11 is 0. The van der Waals surface area contributed by atoms with Crippen LogP contribution in [0.25, 0.3) is 22.3 Å². The normalized spacial score (nSPS) is 18.4. The maximum Gasteiger partial charge on any atom is 0.254 e. The fourth-order valence-electron chi connectivity index (χ4n) is 4.03. The van der Waals surface area contributed by atoms with Crippen LogP contribution in [0.4, 0.5) is 0 Å². The third kappa shape index (κ3) is 3.51. The molecule has 0 aliphatic carbocycles. The quantitative estimate of drug-likeness (QED) is 0.631. The summed E-state index contributed by atoms with van der Waals surface area (Å²) in [5, 5.41) is 5.10. The smallest absolute Gasteiger partial charge is 0.254 e. The number of fused-ring (bicyclic) bond motifs is 1. The van der Waals surface area contributed by atoms with Crippen LogP contribution in [-0.2, 0) is 9.84 Å². The van der Waals surface area contributed by atoms with Gasteiger partial charge < -0.3 is 9.32 Å². The van der Waals surface area contributed by atoms with E-state index in [0.29, 0.717) is 28.7 Å². The van der Waals surface area contributed by atoms with Crippen LogP contribution in [0.2, 0.25) is 0 Å². The highest BCUT2D eigenvalue weighted by molar-refractivity contribution is 7.91. The van der Waals surface area contributed by atoms with Gasteiger partial charge in [-0.25, -0.2) is 18.1 Å². The fraction of sp³-hybridized carbons (Fsp3) is 0.476. The van der Waals surface area contributed by atoms with Gasteiger partial charge in [0.2, 0.25) is 0 Å². The van der Waals surface area contributed by atoms with E-state index in [4.69, 9.17) is 9.40 Å². The first-order chi connectivity index (χ1) is 14.1. The molecule has 8 nitrogen and oxygen atoms in total. The van der Waals surface area contributed by atoms with Gasteiger partial charge >= 0.3 is 0 Å². The molecule has 0 aromatic carbocycles. The number of pyridine rings is 1. The molecule has 1 atom stereocenters. The molecule has 30 heavy (non-hydrogen) atoms. The molecule has 1 saturated heterocycles. The first-order valence-electron chi connectivity index (χ1n) is 10.0. The molecule has 0 saturated carbocycles. The minimum absolute atomic E-state index is 0.00160. The second-order valence-corrected chi connectivity index (χ2v) is 10.5. The minimum atomic E-state index is -3.09. The van der Waals surface area contributed by atoms with E-state index in [2.05, 4.69) is 5.10 Å². The Bertz CT molecular complexity index is 1240. The first kappa shape index (κ1) is 20.6. The molecule has 3 aromatic rings. The number of amides is 1. The highest BCUT2D eigenvalue weighted by Gasteiger charge is 2.34. The van der Waals surface area contributed by atoms with Crippen molar-refractivity contribution in [2.75, 3.05) is 18.6 Å². The van der Waals surface area contributed by atoms with Crippen LogP contribution in [0.3, 0.4) is 0 Å². The van der Waals surface area contributed by atoms with Gasteiger partial charge in [0, 0.05) is 24.7 Å². The van der Waals surface area contributed by atoms with E-state index in [1.54, 1.807) is 28.9 Å². The Morgan fingerprint density at radius 3 is 2.60 bits per heavy atom. The Morgan fingerprint density at radius 1 is 1.30 bits per heavy atom. The summed E-state index contributed by atoms with van der Waals surface area (Å²) in [6.45, 7) is 7.74. The number of hydrogen-bond donors (Lipinski definition) is 0. The van der Waals surface area contributed by atoms with E-state index in [1.165, 1.54) is 0 Å². The average molecular weight is 431 g/mol. The molecule has 3 aromatic heterocycles. The molecule has 0 bridgehead atoms. The number of sulfone groups is 1. The molecule has 0 spiro atoms. The molecule has 4 rings (SSSR count). The van der Waals surface area contributed by atoms with Gasteiger partial charge in [-0.3, -0.25) is 4.79 Å². The lowest BCUT2D eigenvalue weighted by atomic mass is 10.1. The van der Waals surface area contributed by atoms with Crippen LogP contribution in [-0.4, -0.2) is 58.6 Å². The van der Waals surface area contributed by atoms with E-state index in [1.807, 2.05) is 33.8 Å². The summed E-state index contributed by atoms with van der Waals surface area (Å²) < 4.78 is 31.3. The molecule has 1 fully saturated rings. The fourth-order valence-corrected chi connectivity index (χ4v) is 5.81. The predicted octanol–water partition coefficient (Wildman–Crippen LogP) is 3.15. The summed E-state index contributed by atoms with van der Waals surface area (Å²) in [5.74, 6) is 1.38. The first-order valence-corrected chi connectivity index (χ1v) is 11.8. The molecule has 0 radical (unpaired) electrons. The van der Waals surface area contributed by atoms with Crippen LogP contribution in [0.15, 0.2) is 22.7 Å². The molecular formula is C21H26N4O4S. The molecule has 160 valence electrons. The lowest BCUT2D eigenvalue weighted by molar-refractivity contribution is 0.0749. The number of hydrogen-bond acceptors (Lipinski definition) is 6. The summed E-state index contributed by atoms with van der Waals surface area (Å²) in [6.07, 6.45) is 2.11. The number of carbonyl (C=O) groups is 1. The Morgan fingerprint density at radius 2 is 2.03 bits per heavy atom. The van der Waals surface area contributed by atoms with Crippen molar-refractivity contribution < 1.29 is 17.6 Å². The van der Waals surface area contributed by atoms with Gasteiger partial charge in [-0.2, -0.15) is 5.10 Å². The highest BCUT2D eigenvalue weighted by Crippen LogP contribution is 2.31. The molecule has 0 unspecified atom stereocenters. The number of rotatable bonds is 4. The van der Waals surface area contributed by atoms with Crippen LogP contribution < -0.4 is 0 Å². The van der Waals surface area contributed by atoms with E-state index in [-0.39, 0.29) is 29.5 Å². The van der Waals surface area contributed by atoms with Crippen molar-refractivity contribution in [3.05, 3.63) is 35.4 Å². The average Bonchev–Trinajstić information content (AvgIpc) is 3.35. The maximum absolute atomic E-state index is 13.5. The minimum Gasteiger partial charge on any atom is -0.466 e. The van der Waals surface area contributed by atoms with Gasteiger partial charge in [-0.1, -0.05) is 0 Å². The van der Waals surface area contributed by atoms with Gasteiger partial charge in [0.05, 0.1) is 34.3 Å². The van der Waals surface area contributed by atoms with E-state index < -0.39 is 9.84 Å². The zero-order chi connectivity index (χ0) is 21.8. The van der Waals surface area contributed by atoms with E-state index >= 15 is 0 Å². The van der Waals surface area contributed by atoms with Crippen molar-refractivity contribution in [3.8, 4) is 11.3 Å². The topological polar surface area (TPSA) is 98.3 Å². The monoisotopic (exact) mass is 430 g/mol. The summed E-state index contributed by atoms with van der Waals surface area (Å²) in [5.41, 5.74) is 2.55. The molecular weight excluding hydrogens is 404 g/mol. The third-order valence-corrected chi connectivity index (χ3v) is 7.43. The van der Waals surface area contributed by atoms with Crippen molar-refractivity contribution in [1.29, 1.82) is 0 Å². The lowest BCUT2D eigenvalue weighted by Crippen LogP contribution is -2.38. The van der Waals surface area contributed by atoms with Crippen LogP contribution >= 0.6 is 0 Å².